The van der Waals surface area contributed by atoms with Crippen LogP contribution in [0.1, 0.15) is 23.2 Å². The summed E-state index contributed by atoms with van der Waals surface area (Å²) in [6.45, 7) is 2.16. The van der Waals surface area contributed by atoms with Gasteiger partial charge in [0.1, 0.15) is 5.75 Å². The highest BCUT2D eigenvalue weighted by molar-refractivity contribution is 5.93. The fourth-order valence-electron chi connectivity index (χ4n) is 1.93. The highest BCUT2D eigenvalue weighted by Gasteiger charge is 2.15. The van der Waals surface area contributed by atoms with Crippen molar-refractivity contribution in [1.29, 1.82) is 0 Å². The minimum atomic E-state index is -0.481. The third kappa shape index (κ3) is 3.13. The quantitative estimate of drug-likeness (QED) is 0.785. The molecule has 1 aromatic rings. The second kappa shape index (κ2) is 5.73. The lowest BCUT2D eigenvalue weighted by atomic mass is 10.0. The summed E-state index contributed by atoms with van der Waals surface area (Å²) < 4.78 is 11.0. The second-order valence-corrected chi connectivity index (χ2v) is 4.48. The molecule has 0 unspecified atom stereocenters. The zero-order valence-corrected chi connectivity index (χ0v) is 10.2. The molecule has 0 saturated carbocycles. The molecule has 98 valence electrons. The van der Waals surface area contributed by atoms with Crippen molar-refractivity contribution in [3.8, 4) is 5.75 Å². The van der Waals surface area contributed by atoms with Crippen LogP contribution in [0.4, 0.5) is 5.69 Å². The van der Waals surface area contributed by atoms with E-state index < -0.39 is 5.91 Å². The van der Waals surface area contributed by atoms with Crippen LogP contribution >= 0.6 is 0 Å². The van der Waals surface area contributed by atoms with Gasteiger partial charge in [0.05, 0.1) is 12.3 Å². The van der Waals surface area contributed by atoms with E-state index in [4.69, 9.17) is 20.9 Å². The molecule has 5 heteroatoms. The number of rotatable bonds is 4. The van der Waals surface area contributed by atoms with Crippen LogP contribution in [0.5, 0.6) is 5.75 Å². The number of hydrogen-bond acceptors (Lipinski definition) is 4. The Balaban J connectivity index is 1.99. The average molecular weight is 250 g/mol. The Hall–Kier alpha value is -1.75. The number of ether oxygens (including phenoxy) is 2. The smallest absolute Gasteiger partial charge is 0.248 e. The summed E-state index contributed by atoms with van der Waals surface area (Å²) in [6.07, 6.45) is 1.99. The van der Waals surface area contributed by atoms with E-state index in [2.05, 4.69) is 0 Å². The van der Waals surface area contributed by atoms with Crippen LogP contribution in [0.25, 0.3) is 0 Å². The Morgan fingerprint density at radius 3 is 2.78 bits per heavy atom. The zero-order valence-electron chi connectivity index (χ0n) is 10.2. The molecule has 1 aliphatic rings. The lowest BCUT2D eigenvalue weighted by Gasteiger charge is -2.22. The Kier molecular flexibility index (Phi) is 4.04. The van der Waals surface area contributed by atoms with E-state index in [1.165, 1.54) is 0 Å². The first kappa shape index (κ1) is 12.7. The third-order valence-corrected chi connectivity index (χ3v) is 3.11. The van der Waals surface area contributed by atoms with Gasteiger partial charge in [-0.05, 0) is 37.0 Å². The summed E-state index contributed by atoms with van der Waals surface area (Å²) in [6, 6.07) is 4.83. The van der Waals surface area contributed by atoms with Crippen LogP contribution in [-0.2, 0) is 4.74 Å². The fourth-order valence-corrected chi connectivity index (χ4v) is 1.93. The van der Waals surface area contributed by atoms with Crippen LogP contribution in [0.15, 0.2) is 18.2 Å². The zero-order chi connectivity index (χ0) is 13.0. The minimum absolute atomic E-state index is 0.408. The predicted molar refractivity (Wildman–Crippen MR) is 68.4 cm³/mol. The number of carbonyl (C=O) groups excluding carboxylic acids is 1. The molecule has 0 aromatic heterocycles. The molecular formula is C13H18N2O3. The Morgan fingerprint density at radius 2 is 2.11 bits per heavy atom. The number of anilines is 1. The van der Waals surface area contributed by atoms with Crippen molar-refractivity contribution < 1.29 is 14.3 Å². The summed E-state index contributed by atoms with van der Waals surface area (Å²) in [5, 5.41) is 0. The van der Waals surface area contributed by atoms with Crippen molar-refractivity contribution >= 4 is 11.6 Å². The molecule has 5 nitrogen and oxygen atoms in total. The maximum Gasteiger partial charge on any atom is 0.248 e. The maximum absolute atomic E-state index is 11.1. The molecule has 1 saturated heterocycles. The van der Waals surface area contributed by atoms with Crippen LogP contribution in [0.2, 0.25) is 0 Å². The van der Waals surface area contributed by atoms with E-state index in [9.17, 15) is 4.79 Å². The van der Waals surface area contributed by atoms with Gasteiger partial charge in [-0.15, -0.1) is 0 Å². The van der Waals surface area contributed by atoms with Crippen molar-refractivity contribution in [2.45, 2.75) is 12.8 Å². The maximum atomic E-state index is 11.1. The largest absolute Gasteiger partial charge is 0.491 e. The van der Waals surface area contributed by atoms with Gasteiger partial charge >= 0.3 is 0 Å². The molecule has 1 fully saturated rings. The third-order valence-electron chi connectivity index (χ3n) is 3.11. The molecule has 0 atom stereocenters. The number of benzene rings is 1. The number of primary amides is 1. The highest BCUT2D eigenvalue weighted by atomic mass is 16.5. The Morgan fingerprint density at radius 1 is 1.39 bits per heavy atom. The molecule has 1 aliphatic heterocycles. The van der Waals surface area contributed by atoms with Gasteiger partial charge in [-0.3, -0.25) is 4.79 Å². The van der Waals surface area contributed by atoms with Crippen molar-refractivity contribution in [3.05, 3.63) is 23.8 Å². The average Bonchev–Trinajstić information content (AvgIpc) is 2.38. The summed E-state index contributed by atoms with van der Waals surface area (Å²) in [7, 11) is 0. The molecule has 1 amide bonds. The number of nitrogen functional groups attached to an aromatic ring is 1. The number of nitrogens with two attached hydrogens (primary N) is 2. The van der Waals surface area contributed by atoms with E-state index in [-0.39, 0.29) is 0 Å². The van der Waals surface area contributed by atoms with Crippen molar-refractivity contribution in [2.24, 2.45) is 11.7 Å². The number of hydrogen-bond donors (Lipinski definition) is 2. The van der Waals surface area contributed by atoms with Gasteiger partial charge in [0.15, 0.2) is 0 Å². The van der Waals surface area contributed by atoms with Crippen LogP contribution in [0.3, 0.4) is 0 Å². The molecule has 1 heterocycles. The molecule has 18 heavy (non-hydrogen) atoms. The minimum Gasteiger partial charge on any atom is -0.491 e. The Bertz CT molecular complexity index is 428. The fraction of sp³-hybridized carbons (Fsp3) is 0.462. The van der Waals surface area contributed by atoms with E-state index in [0.29, 0.717) is 29.5 Å². The summed E-state index contributed by atoms with van der Waals surface area (Å²) in [5.41, 5.74) is 12.0. The lowest BCUT2D eigenvalue weighted by Crippen LogP contribution is -2.21. The van der Waals surface area contributed by atoms with Crippen LogP contribution < -0.4 is 16.2 Å². The molecule has 0 spiro atoms. The van der Waals surface area contributed by atoms with Gasteiger partial charge in [-0.1, -0.05) is 0 Å². The van der Waals surface area contributed by atoms with Gasteiger partial charge < -0.3 is 20.9 Å². The molecule has 1 aromatic carbocycles. The molecule has 0 radical (unpaired) electrons. The second-order valence-electron chi connectivity index (χ2n) is 4.48. The van der Waals surface area contributed by atoms with E-state index in [1.807, 2.05) is 0 Å². The summed E-state index contributed by atoms with van der Waals surface area (Å²) in [5.74, 6) is 0.527. The topological polar surface area (TPSA) is 87.6 Å². The highest BCUT2D eigenvalue weighted by Crippen LogP contribution is 2.24. The summed E-state index contributed by atoms with van der Waals surface area (Å²) >= 11 is 0. The standard InChI is InChI=1S/C13H18N2O3/c14-11-2-1-10(13(15)16)7-12(11)18-8-9-3-5-17-6-4-9/h1-2,7,9H,3-6,8,14H2,(H2,15,16). The van der Waals surface area contributed by atoms with Crippen molar-refractivity contribution in [3.63, 3.8) is 0 Å². The van der Waals surface area contributed by atoms with E-state index >= 15 is 0 Å². The van der Waals surface area contributed by atoms with Gasteiger partial charge in [-0.2, -0.15) is 0 Å². The normalized spacial score (nSPS) is 16.4. The SMILES string of the molecule is NC(=O)c1ccc(N)c(OCC2CCOCC2)c1. The number of amides is 1. The first-order valence-corrected chi connectivity index (χ1v) is 6.06. The monoisotopic (exact) mass is 250 g/mol. The molecule has 4 N–H and O–H groups in total. The predicted octanol–water partition coefficient (Wildman–Crippen LogP) is 1.17. The van der Waals surface area contributed by atoms with Gasteiger partial charge in [-0.25, -0.2) is 0 Å². The number of carbonyl (C=O) groups is 1. The van der Waals surface area contributed by atoms with Crippen LogP contribution in [0, 0.1) is 5.92 Å². The molecular weight excluding hydrogens is 232 g/mol. The van der Waals surface area contributed by atoms with E-state index in [1.54, 1.807) is 18.2 Å². The van der Waals surface area contributed by atoms with Gasteiger partial charge in [0.2, 0.25) is 5.91 Å². The van der Waals surface area contributed by atoms with E-state index in [0.717, 1.165) is 26.1 Å². The molecule has 0 bridgehead atoms. The molecule has 0 aliphatic carbocycles. The Labute approximate surface area is 106 Å². The summed E-state index contributed by atoms with van der Waals surface area (Å²) in [4.78, 5) is 11.1. The molecule has 2 rings (SSSR count). The van der Waals surface area contributed by atoms with Gasteiger partial charge in [0.25, 0.3) is 0 Å². The van der Waals surface area contributed by atoms with Crippen molar-refractivity contribution in [1.82, 2.24) is 0 Å². The van der Waals surface area contributed by atoms with Crippen molar-refractivity contribution in [2.75, 3.05) is 25.6 Å². The van der Waals surface area contributed by atoms with Gasteiger partial charge in [0, 0.05) is 18.8 Å². The first-order chi connectivity index (χ1) is 8.66. The lowest BCUT2D eigenvalue weighted by molar-refractivity contribution is 0.0498. The first-order valence-electron chi connectivity index (χ1n) is 6.06. The van der Waals surface area contributed by atoms with Crippen LogP contribution in [-0.4, -0.2) is 25.7 Å².